The zero-order valence-corrected chi connectivity index (χ0v) is 19.0. The molecule has 0 aliphatic carbocycles. The van der Waals surface area contributed by atoms with Crippen molar-refractivity contribution in [3.05, 3.63) is 29.3 Å². The van der Waals surface area contributed by atoms with Crippen LogP contribution in [0.1, 0.15) is 91.7 Å². The molecule has 0 aliphatic heterocycles. The van der Waals surface area contributed by atoms with E-state index in [1.807, 2.05) is 52.8 Å². The number of urea groups is 1. The summed E-state index contributed by atoms with van der Waals surface area (Å²) < 4.78 is 5.49. The van der Waals surface area contributed by atoms with Crippen LogP contribution >= 0.6 is 0 Å². The summed E-state index contributed by atoms with van der Waals surface area (Å²) in [7, 11) is 0. The highest BCUT2D eigenvalue weighted by Crippen LogP contribution is 2.32. The number of rotatable bonds is 7. The van der Waals surface area contributed by atoms with Crippen molar-refractivity contribution in [1.29, 1.82) is 0 Å². The molecule has 0 bridgehead atoms. The van der Waals surface area contributed by atoms with E-state index in [1.165, 1.54) is 0 Å². The van der Waals surface area contributed by atoms with Crippen LogP contribution < -0.4 is 10.6 Å². The van der Waals surface area contributed by atoms with Crippen molar-refractivity contribution in [2.24, 2.45) is 5.92 Å². The lowest BCUT2D eigenvalue weighted by atomic mass is 9.93. The third kappa shape index (κ3) is 7.53. The van der Waals surface area contributed by atoms with Gasteiger partial charge in [-0.05, 0) is 56.1 Å². The standard InChI is InChI=1S/C23H38N2O3/c1-14(2)13-19(21(26)28-23(7,8)9)24-22(27)25-20-17(15(3)4)11-10-12-18(20)16(5)6/h10-12,14-16,19H,13H2,1-9H3,(H2,24,25,27). The second-order valence-corrected chi connectivity index (χ2v) is 9.43. The number of ether oxygens (including phenoxy) is 1. The molecule has 1 rings (SSSR count). The summed E-state index contributed by atoms with van der Waals surface area (Å²) in [6, 6.07) is 5.02. The molecule has 1 unspecified atom stereocenters. The minimum atomic E-state index is -0.687. The number of carbonyl (C=O) groups excluding carboxylic acids is 2. The molecule has 28 heavy (non-hydrogen) atoms. The topological polar surface area (TPSA) is 67.4 Å². The summed E-state index contributed by atoms with van der Waals surface area (Å²) in [5.74, 6) is 0.377. The van der Waals surface area contributed by atoms with Gasteiger partial charge in [-0.15, -0.1) is 0 Å². The SMILES string of the molecule is CC(C)CC(NC(=O)Nc1c(C(C)C)cccc1C(C)C)C(=O)OC(C)(C)C. The van der Waals surface area contributed by atoms with Crippen molar-refractivity contribution < 1.29 is 14.3 Å². The van der Waals surface area contributed by atoms with E-state index in [1.54, 1.807) is 0 Å². The Bertz CT molecular complexity index is 647. The number of anilines is 1. The number of hydrogen-bond acceptors (Lipinski definition) is 3. The molecule has 5 heteroatoms. The molecule has 0 aromatic heterocycles. The van der Waals surface area contributed by atoms with Gasteiger partial charge in [0.05, 0.1) is 0 Å². The molecule has 0 saturated carbocycles. The molecule has 1 aromatic carbocycles. The minimum Gasteiger partial charge on any atom is -0.458 e. The first-order chi connectivity index (χ1) is 12.8. The monoisotopic (exact) mass is 390 g/mol. The first-order valence-electron chi connectivity index (χ1n) is 10.2. The van der Waals surface area contributed by atoms with Gasteiger partial charge in [0.25, 0.3) is 0 Å². The lowest BCUT2D eigenvalue weighted by molar-refractivity contribution is -0.157. The Morgan fingerprint density at radius 1 is 0.964 bits per heavy atom. The normalized spacial score (nSPS) is 13.0. The van der Waals surface area contributed by atoms with E-state index in [0.717, 1.165) is 16.8 Å². The largest absolute Gasteiger partial charge is 0.458 e. The van der Waals surface area contributed by atoms with Gasteiger partial charge in [0.15, 0.2) is 0 Å². The van der Waals surface area contributed by atoms with Gasteiger partial charge in [0, 0.05) is 5.69 Å². The molecule has 2 N–H and O–H groups in total. The molecule has 0 aliphatic rings. The van der Waals surface area contributed by atoms with Gasteiger partial charge in [0.2, 0.25) is 0 Å². The molecule has 0 heterocycles. The van der Waals surface area contributed by atoms with E-state index in [9.17, 15) is 9.59 Å². The first-order valence-corrected chi connectivity index (χ1v) is 10.2. The van der Waals surface area contributed by atoms with E-state index in [-0.39, 0.29) is 23.8 Å². The van der Waals surface area contributed by atoms with Crippen molar-refractivity contribution >= 4 is 17.7 Å². The van der Waals surface area contributed by atoms with Crippen LogP contribution in [0, 0.1) is 5.92 Å². The van der Waals surface area contributed by atoms with Gasteiger partial charge in [-0.1, -0.05) is 59.7 Å². The van der Waals surface area contributed by atoms with Crippen molar-refractivity contribution in [2.75, 3.05) is 5.32 Å². The fraction of sp³-hybridized carbons (Fsp3) is 0.652. The van der Waals surface area contributed by atoms with Crippen molar-refractivity contribution in [3.63, 3.8) is 0 Å². The van der Waals surface area contributed by atoms with E-state index in [2.05, 4.69) is 38.3 Å². The highest BCUT2D eigenvalue weighted by atomic mass is 16.6. The zero-order chi connectivity index (χ0) is 21.6. The lowest BCUT2D eigenvalue weighted by Crippen LogP contribution is -2.46. The van der Waals surface area contributed by atoms with Crippen molar-refractivity contribution in [2.45, 2.75) is 92.2 Å². The number of para-hydroxylation sites is 1. The number of amides is 2. The Hall–Kier alpha value is -2.04. The molecular formula is C23H38N2O3. The lowest BCUT2D eigenvalue weighted by Gasteiger charge is -2.26. The maximum atomic E-state index is 12.8. The van der Waals surface area contributed by atoms with Crippen LogP contribution in [0.3, 0.4) is 0 Å². The van der Waals surface area contributed by atoms with Gasteiger partial charge in [-0.25, -0.2) is 9.59 Å². The number of benzene rings is 1. The quantitative estimate of drug-likeness (QED) is 0.577. The van der Waals surface area contributed by atoms with E-state index >= 15 is 0 Å². The molecule has 158 valence electrons. The summed E-state index contributed by atoms with van der Waals surface area (Å²) in [5, 5.41) is 5.83. The minimum absolute atomic E-state index is 0.243. The fourth-order valence-corrected chi connectivity index (χ4v) is 3.06. The van der Waals surface area contributed by atoms with Gasteiger partial charge in [0.1, 0.15) is 11.6 Å². The van der Waals surface area contributed by atoms with Crippen LogP contribution in [0.25, 0.3) is 0 Å². The molecule has 0 radical (unpaired) electrons. The number of nitrogens with one attached hydrogen (secondary N) is 2. The average molecular weight is 391 g/mol. The number of carbonyl (C=O) groups is 2. The van der Waals surface area contributed by atoms with Gasteiger partial charge in [-0.3, -0.25) is 0 Å². The molecule has 0 spiro atoms. The van der Waals surface area contributed by atoms with Crippen LogP contribution in [0.4, 0.5) is 10.5 Å². The second kappa shape index (κ2) is 9.94. The van der Waals surface area contributed by atoms with Crippen molar-refractivity contribution in [1.82, 2.24) is 5.32 Å². The fourth-order valence-electron chi connectivity index (χ4n) is 3.06. The smallest absolute Gasteiger partial charge is 0.329 e. The molecule has 1 aromatic rings. The molecule has 5 nitrogen and oxygen atoms in total. The molecule has 1 atom stereocenters. The Morgan fingerprint density at radius 3 is 1.86 bits per heavy atom. The van der Waals surface area contributed by atoms with Crippen LogP contribution in [-0.4, -0.2) is 23.6 Å². The highest BCUT2D eigenvalue weighted by molar-refractivity contribution is 5.94. The van der Waals surface area contributed by atoms with Crippen molar-refractivity contribution in [3.8, 4) is 0 Å². The average Bonchev–Trinajstić information content (AvgIpc) is 2.51. The maximum absolute atomic E-state index is 12.8. The van der Waals surface area contributed by atoms with Crippen LogP contribution in [0.2, 0.25) is 0 Å². The number of hydrogen-bond donors (Lipinski definition) is 2. The van der Waals surface area contributed by atoms with Gasteiger partial charge in [-0.2, -0.15) is 0 Å². The predicted molar refractivity (Wildman–Crippen MR) is 116 cm³/mol. The van der Waals surface area contributed by atoms with Crippen LogP contribution in [0.5, 0.6) is 0 Å². The zero-order valence-electron chi connectivity index (χ0n) is 19.0. The summed E-state index contributed by atoms with van der Waals surface area (Å²) in [6.45, 7) is 17.9. The van der Waals surface area contributed by atoms with E-state index in [4.69, 9.17) is 4.74 Å². The Balaban J connectivity index is 3.06. The molecule has 0 fully saturated rings. The third-order valence-electron chi connectivity index (χ3n) is 4.32. The van der Waals surface area contributed by atoms with Crippen LogP contribution in [0.15, 0.2) is 18.2 Å². The predicted octanol–water partition coefficient (Wildman–Crippen LogP) is 5.81. The molecular weight excluding hydrogens is 352 g/mol. The van der Waals surface area contributed by atoms with Crippen LogP contribution in [-0.2, 0) is 9.53 Å². The van der Waals surface area contributed by atoms with E-state index in [0.29, 0.717) is 6.42 Å². The Labute approximate surface area is 170 Å². The summed E-state index contributed by atoms with van der Waals surface area (Å²) in [6.07, 6.45) is 0.519. The molecule has 0 saturated heterocycles. The van der Waals surface area contributed by atoms with E-state index < -0.39 is 17.6 Å². The Kier molecular flexibility index (Phi) is 8.52. The second-order valence-electron chi connectivity index (χ2n) is 9.43. The summed E-state index contributed by atoms with van der Waals surface area (Å²) in [5.41, 5.74) is 2.40. The van der Waals surface area contributed by atoms with Gasteiger partial charge >= 0.3 is 12.0 Å². The van der Waals surface area contributed by atoms with Gasteiger partial charge < -0.3 is 15.4 Å². The maximum Gasteiger partial charge on any atom is 0.329 e. The third-order valence-corrected chi connectivity index (χ3v) is 4.32. The summed E-state index contributed by atoms with van der Waals surface area (Å²) >= 11 is 0. The number of esters is 1. The Morgan fingerprint density at radius 2 is 1.46 bits per heavy atom. The summed E-state index contributed by atoms with van der Waals surface area (Å²) in [4.78, 5) is 25.4. The first kappa shape index (κ1) is 24.0. The highest BCUT2D eigenvalue weighted by Gasteiger charge is 2.28. The molecule has 2 amide bonds.